The molecule has 2 heterocycles. The second-order valence-electron chi connectivity index (χ2n) is 5.86. The number of aliphatic imine (C=N–C) groups is 1. The van der Waals surface area contributed by atoms with Crippen LogP contribution >= 0.6 is 23.2 Å². The first kappa shape index (κ1) is 18.2. The minimum atomic E-state index is -0.663. The highest BCUT2D eigenvalue weighted by Gasteiger charge is 2.22. The molecule has 0 saturated heterocycles. The number of esters is 1. The molecule has 0 spiro atoms. The van der Waals surface area contributed by atoms with Gasteiger partial charge < -0.3 is 9.15 Å². The minimum Gasteiger partial charge on any atom is -0.463 e. The molecule has 1 aliphatic heterocycles. The van der Waals surface area contributed by atoms with E-state index in [9.17, 15) is 9.59 Å². The number of ether oxygens (including phenoxy) is 1. The highest BCUT2D eigenvalue weighted by molar-refractivity contribution is 6.42. The molecule has 2 aromatic carbocycles. The molecule has 0 N–H and O–H groups in total. The van der Waals surface area contributed by atoms with E-state index >= 15 is 0 Å². The lowest BCUT2D eigenvalue weighted by atomic mass is 10.1. The Bertz CT molecular complexity index is 1250. The van der Waals surface area contributed by atoms with Crippen LogP contribution in [0.3, 0.4) is 0 Å². The normalized spacial score (nSPS) is 15.4. The molecule has 28 heavy (non-hydrogen) atoms. The second-order valence-corrected chi connectivity index (χ2v) is 6.65. The van der Waals surface area contributed by atoms with Gasteiger partial charge in [-0.3, -0.25) is 4.79 Å². The molecule has 3 aromatic rings. The number of carbonyl (C=O) groups excluding carboxylic acids is 1. The van der Waals surface area contributed by atoms with Gasteiger partial charge in [-0.05, 0) is 35.9 Å². The first-order chi connectivity index (χ1) is 13.5. The van der Waals surface area contributed by atoms with Gasteiger partial charge in [0.25, 0.3) is 0 Å². The first-order valence-electron chi connectivity index (χ1n) is 8.18. The molecule has 0 aliphatic carbocycles. The fraction of sp³-hybridized carbons (Fsp3) is 0. The third kappa shape index (κ3) is 3.50. The van der Waals surface area contributed by atoms with Crippen molar-refractivity contribution in [2.45, 2.75) is 0 Å². The van der Waals surface area contributed by atoms with Crippen molar-refractivity contribution in [2.75, 3.05) is 0 Å². The zero-order valence-electron chi connectivity index (χ0n) is 14.2. The van der Waals surface area contributed by atoms with E-state index in [4.69, 9.17) is 32.4 Å². The summed E-state index contributed by atoms with van der Waals surface area (Å²) in [6.07, 6.45) is 5.76. The molecule has 138 valence electrons. The summed E-state index contributed by atoms with van der Waals surface area (Å²) in [5.74, 6) is -0.582. The molecule has 0 atom stereocenters. The Labute approximate surface area is 169 Å². The zero-order chi connectivity index (χ0) is 19.7. The number of hydrogen-bond donors (Lipinski definition) is 0. The summed E-state index contributed by atoms with van der Waals surface area (Å²) >= 11 is 12.1. The van der Waals surface area contributed by atoms with Gasteiger partial charge in [-0.15, -0.1) is 0 Å². The van der Waals surface area contributed by atoms with E-state index in [0.29, 0.717) is 26.6 Å². The predicted molar refractivity (Wildman–Crippen MR) is 109 cm³/mol. The number of benzene rings is 2. The van der Waals surface area contributed by atoms with Crippen molar-refractivity contribution in [3.63, 3.8) is 0 Å². The van der Waals surface area contributed by atoms with Gasteiger partial charge in [0.05, 0.1) is 21.0 Å². The minimum absolute atomic E-state index is 0.000535. The van der Waals surface area contributed by atoms with Gasteiger partial charge in [-0.1, -0.05) is 47.5 Å². The summed E-state index contributed by atoms with van der Waals surface area (Å²) in [7, 11) is 0. The topological polar surface area (TPSA) is 68.9 Å². The Morgan fingerprint density at radius 1 is 0.929 bits per heavy atom. The molecule has 1 aliphatic rings. The SMILES string of the molecule is O=C1OC(C=Cc2cccc(Cl)c2Cl)=NC1=Cc1coc2ccccc2c1=O. The Morgan fingerprint density at radius 3 is 2.61 bits per heavy atom. The zero-order valence-corrected chi connectivity index (χ0v) is 15.7. The van der Waals surface area contributed by atoms with Crippen LogP contribution in [0.5, 0.6) is 0 Å². The molecule has 0 unspecified atom stereocenters. The summed E-state index contributed by atoms with van der Waals surface area (Å²) in [5.41, 5.74) is 1.07. The van der Waals surface area contributed by atoms with Gasteiger partial charge in [0.15, 0.2) is 11.1 Å². The van der Waals surface area contributed by atoms with Crippen molar-refractivity contribution in [1.29, 1.82) is 0 Å². The van der Waals surface area contributed by atoms with Crippen LogP contribution in [0.1, 0.15) is 11.1 Å². The van der Waals surface area contributed by atoms with Crippen molar-refractivity contribution < 1.29 is 13.9 Å². The number of para-hydroxylation sites is 1. The number of halogens is 2. The molecule has 0 saturated carbocycles. The molecule has 0 fully saturated rings. The summed E-state index contributed by atoms with van der Waals surface area (Å²) < 4.78 is 10.6. The van der Waals surface area contributed by atoms with Crippen LogP contribution in [0.2, 0.25) is 10.0 Å². The first-order valence-corrected chi connectivity index (χ1v) is 8.94. The lowest BCUT2D eigenvalue weighted by molar-refractivity contribution is -0.129. The molecule has 5 nitrogen and oxygen atoms in total. The van der Waals surface area contributed by atoms with Gasteiger partial charge in [-0.25, -0.2) is 9.79 Å². The molecule has 0 radical (unpaired) electrons. The standard InChI is InChI=1S/C21H11Cl2NO4/c22-15-6-3-4-12(19(15)23)8-9-18-24-16(21(26)28-18)10-13-11-27-17-7-2-1-5-14(17)20(13)25/h1-11H. The number of nitrogens with zero attached hydrogens (tertiary/aromatic N) is 1. The van der Waals surface area contributed by atoms with E-state index in [1.807, 2.05) is 0 Å². The Kier molecular flexibility index (Phi) is 4.86. The molecule has 7 heteroatoms. The van der Waals surface area contributed by atoms with E-state index in [1.165, 1.54) is 18.4 Å². The molecular weight excluding hydrogens is 401 g/mol. The fourth-order valence-electron chi connectivity index (χ4n) is 2.65. The highest BCUT2D eigenvalue weighted by Crippen LogP contribution is 2.26. The van der Waals surface area contributed by atoms with Crippen LogP contribution in [0, 0.1) is 0 Å². The van der Waals surface area contributed by atoms with Gasteiger partial charge in [0, 0.05) is 6.08 Å². The summed E-state index contributed by atoms with van der Waals surface area (Å²) in [5, 5.41) is 1.22. The van der Waals surface area contributed by atoms with Gasteiger partial charge in [0.1, 0.15) is 11.8 Å². The van der Waals surface area contributed by atoms with E-state index in [2.05, 4.69) is 4.99 Å². The summed E-state index contributed by atoms with van der Waals surface area (Å²) in [6.45, 7) is 0. The second kappa shape index (κ2) is 7.46. The third-order valence-electron chi connectivity index (χ3n) is 4.02. The average Bonchev–Trinajstić information content (AvgIpc) is 3.05. The molecule has 0 bridgehead atoms. The van der Waals surface area contributed by atoms with Crippen molar-refractivity contribution in [3.8, 4) is 0 Å². The quantitative estimate of drug-likeness (QED) is 0.443. The molecule has 0 amide bonds. The molecule has 1 aromatic heterocycles. The predicted octanol–water partition coefficient (Wildman–Crippen LogP) is 5.11. The largest absolute Gasteiger partial charge is 0.463 e. The van der Waals surface area contributed by atoms with E-state index in [0.717, 1.165) is 0 Å². The van der Waals surface area contributed by atoms with Crippen molar-refractivity contribution >= 4 is 58.2 Å². The Morgan fingerprint density at radius 2 is 1.75 bits per heavy atom. The van der Waals surface area contributed by atoms with Crippen LogP contribution in [0.25, 0.3) is 23.1 Å². The molecular formula is C21H11Cl2NO4. The van der Waals surface area contributed by atoms with E-state index < -0.39 is 5.97 Å². The van der Waals surface area contributed by atoms with Crippen molar-refractivity contribution in [2.24, 2.45) is 4.99 Å². The van der Waals surface area contributed by atoms with Crippen LogP contribution in [0.4, 0.5) is 0 Å². The van der Waals surface area contributed by atoms with Crippen LogP contribution in [-0.4, -0.2) is 11.9 Å². The number of rotatable bonds is 3. The smallest absolute Gasteiger partial charge is 0.363 e. The Hall–Kier alpha value is -3.15. The number of hydrogen-bond acceptors (Lipinski definition) is 5. The monoisotopic (exact) mass is 411 g/mol. The maximum Gasteiger partial charge on any atom is 0.363 e. The summed E-state index contributed by atoms with van der Waals surface area (Å²) in [6, 6.07) is 12.0. The van der Waals surface area contributed by atoms with E-state index in [-0.39, 0.29) is 22.6 Å². The van der Waals surface area contributed by atoms with Gasteiger partial charge >= 0.3 is 5.97 Å². The lowest BCUT2D eigenvalue weighted by Crippen LogP contribution is -2.06. The fourth-order valence-corrected chi connectivity index (χ4v) is 3.02. The van der Waals surface area contributed by atoms with Crippen LogP contribution in [-0.2, 0) is 9.53 Å². The lowest BCUT2D eigenvalue weighted by Gasteiger charge is -1.99. The van der Waals surface area contributed by atoms with Crippen molar-refractivity contribution in [1.82, 2.24) is 0 Å². The number of fused-ring (bicyclic) bond motifs is 1. The Balaban J connectivity index is 1.66. The van der Waals surface area contributed by atoms with Crippen LogP contribution < -0.4 is 5.43 Å². The number of cyclic esters (lactones) is 1. The maximum absolute atomic E-state index is 12.5. The summed E-state index contributed by atoms with van der Waals surface area (Å²) in [4.78, 5) is 28.7. The van der Waals surface area contributed by atoms with E-state index in [1.54, 1.807) is 48.5 Å². The average molecular weight is 412 g/mol. The van der Waals surface area contributed by atoms with Crippen molar-refractivity contribution in [3.05, 3.63) is 91.9 Å². The molecule has 4 rings (SSSR count). The third-order valence-corrected chi connectivity index (χ3v) is 4.86. The highest BCUT2D eigenvalue weighted by atomic mass is 35.5. The van der Waals surface area contributed by atoms with Gasteiger partial charge in [0.2, 0.25) is 5.90 Å². The number of carbonyl (C=O) groups is 1. The van der Waals surface area contributed by atoms with Crippen LogP contribution in [0.15, 0.2) is 74.7 Å². The van der Waals surface area contributed by atoms with Gasteiger partial charge in [-0.2, -0.15) is 0 Å². The maximum atomic E-state index is 12.5.